The Morgan fingerprint density at radius 1 is 1.17 bits per heavy atom. The highest BCUT2D eigenvalue weighted by atomic mass is 15.0. The molecule has 0 spiro atoms. The van der Waals surface area contributed by atoms with E-state index in [-0.39, 0.29) is 5.95 Å². The third kappa shape index (κ3) is 3.77. The number of rotatable bonds is 4. The van der Waals surface area contributed by atoms with Gasteiger partial charge in [0.25, 0.3) is 0 Å². The lowest BCUT2D eigenvalue weighted by Crippen LogP contribution is -2.08. The molecule has 0 aromatic carbocycles. The van der Waals surface area contributed by atoms with Crippen LogP contribution < -0.4 is 11.1 Å². The molecule has 3 aromatic rings. The number of anilines is 2. The third-order valence-corrected chi connectivity index (χ3v) is 3.22. The fourth-order valence-electron chi connectivity index (χ4n) is 2.24. The van der Waals surface area contributed by atoms with Gasteiger partial charge in [-0.15, -0.1) is 0 Å². The Morgan fingerprint density at radius 3 is 2.61 bits per heavy atom. The summed E-state index contributed by atoms with van der Waals surface area (Å²) in [7, 11) is 0. The number of hydrogen-bond acceptors (Lipinski definition) is 5. The smallest absolute Gasteiger partial charge is 0.220 e. The fraction of sp³-hybridized carbons (Fsp3) is 0.353. The first-order valence-corrected chi connectivity index (χ1v) is 7.94. The molecule has 0 atom stereocenters. The highest BCUT2D eigenvalue weighted by Gasteiger charge is 2.13. The number of nitrogens with one attached hydrogen (secondary N) is 2. The van der Waals surface area contributed by atoms with Gasteiger partial charge in [-0.2, -0.15) is 0 Å². The van der Waals surface area contributed by atoms with Crippen molar-refractivity contribution in [2.24, 2.45) is 5.92 Å². The maximum absolute atomic E-state index is 5.68. The summed E-state index contributed by atoms with van der Waals surface area (Å²) in [6, 6.07) is 3.82. The summed E-state index contributed by atoms with van der Waals surface area (Å²) in [6.07, 6.45) is 5.35. The van der Waals surface area contributed by atoms with Crippen LogP contribution in [0.3, 0.4) is 0 Å². The Labute approximate surface area is 136 Å². The third-order valence-electron chi connectivity index (χ3n) is 3.22. The molecule has 6 heteroatoms. The Balaban J connectivity index is 0.000000924. The van der Waals surface area contributed by atoms with E-state index in [0.717, 1.165) is 34.5 Å². The lowest BCUT2D eigenvalue weighted by molar-refractivity contribution is 0.689. The van der Waals surface area contributed by atoms with Gasteiger partial charge in [-0.1, -0.05) is 27.7 Å². The first-order chi connectivity index (χ1) is 11.1. The van der Waals surface area contributed by atoms with E-state index in [2.05, 4.69) is 39.1 Å². The molecule has 3 heterocycles. The molecule has 23 heavy (non-hydrogen) atoms. The highest BCUT2D eigenvalue weighted by Crippen LogP contribution is 2.32. The molecule has 0 saturated heterocycles. The molecule has 0 aliphatic heterocycles. The number of aromatic amines is 1. The molecular weight excluding hydrogens is 288 g/mol. The van der Waals surface area contributed by atoms with Gasteiger partial charge in [0.2, 0.25) is 5.95 Å². The van der Waals surface area contributed by atoms with Crippen LogP contribution in [-0.2, 0) is 0 Å². The van der Waals surface area contributed by atoms with Crippen LogP contribution >= 0.6 is 0 Å². The average Bonchev–Trinajstić information content (AvgIpc) is 2.99. The van der Waals surface area contributed by atoms with E-state index in [0.29, 0.717) is 5.92 Å². The lowest BCUT2D eigenvalue weighted by atomic mass is 10.1. The van der Waals surface area contributed by atoms with Crippen molar-refractivity contribution in [2.75, 3.05) is 17.6 Å². The van der Waals surface area contributed by atoms with Crippen LogP contribution in [0, 0.1) is 5.92 Å². The summed E-state index contributed by atoms with van der Waals surface area (Å²) in [6.45, 7) is 9.25. The highest BCUT2D eigenvalue weighted by molar-refractivity contribution is 6.01. The molecule has 0 bridgehead atoms. The predicted octanol–water partition coefficient (Wildman–Crippen LogP) is 3.70. The van der Waals surface area contributed by atoms with Crippen LogP contribution in [0.1, 0.15) is 27.7 Å². The average molecular weight is 312 g/mol. The van der Waals surface area contributed by atoms with Gasteiger partial charge in [-0.3, -0.25) is 0 Å². The van der Waals surface area contributed by atoms with Crippen molar-refractivity contribution >= 4 is 22.7 Å². The maximum atomic E-state index is 5.68. The van der Waals surface area contributed by atoms with Gasteiger partial charge in [0, 0.05) is 36.4 Å². The molecule has 4 N–H and O–H groups in total. The first kappa shape index (κ1) is 16.7. The van der Waals surface area contributed by atoms with Crippen molar-refractivity contribution in [1.29, 1.82) is 0 Å². The number of pyridine rings is 1. The van der Waals surface area contributed by atoms with Crippen molar-refractivity contribution in [3.05, 3.63) is 30.7 Å². The molecule has 0 radical (unpaired) electrons. The lowest BCUT2D eigenvalue weighted by Gasteiger charge is -2.11. The minimum atomic E-state index is 0.266. The van der Waals surface area contributed by atoms with Crippen LogP contribution in [0.4, 0.5) is 11.6 Å². The van der Waals surface area contributed by atoms with Gasteiger partial charge < -0.3 is 16.0 Å². The van der Waals surface area contributed by atoms with E-state index in [1.54, 1.807) is 12.4 Å². The molecule has 3 rings (SSSR count). The quantitative estimate of drug-likeness (QED) is 0.683. The zero-order valence-corrected chi connectivity index (χ0v) is 14.1. The van der Waals surface area contributed by atoms with Crippen LogP contribution in [0.2, 0.25) is 0 Å². The summed E-state index contributed by atoms with van der Waals surface area (Å²) in [5, 5.41) is 4.49. The fourth-order valence-corrected chi connectivity index (χ4v) is 2.24. The van der Waals surface area contributed by atoms with Crippen molar-refractivity contribution in [1.82, 2.24) is 19.9 Å². The molecule has 0 saturated carbocycles. The van der Waals surface area contributed by atoms with Gasteiger partial charge in [-0.25, -0.2) is 15.0 Å². The molecule has 0 aliphatic carbocycles. The van der Waals surface area contributed by atoms with E-state index in [9.17, 15) is 0 Å². The molecule has 0 fully saturated rings. The summed E-state index contributed by atoms with van der Waals surface area (Å²) in [5.41, 5.74) is 9.31. The van der Waals surface area contributed by atoms with Gasteiger partial charge in [0.1, 0.15) is 5.65 Å². The minimum absolute atomic E-state index is 0.266. The Hall–Kier alpha value is -2.63. The molecule has 0 unspecified atom stereocenters. The van der Waals surface area contributed by atoms with Crippen molar-refractivity contribution in [2.45, 2.75) is 27.7 Å². The predicted molar refractivity (Wildman–Crippen MR) is 96.2 cm³/mol. The van der Waals surface area contributed by atoms with Gasteiger partial charge in [0.15, 0.2) is 0 Å². The zero-order chi connectivity index (χ0) is 16.8. The second kappa shape index (κ2) is 7.58. The topological polar surface area (TPSA) is 92.5 Å². The number of fused-ring (bicyclic) bond motifs is 1. The van der Waals surface area contributed by atoms with Crippen molar-refractivity contribution < 1.29 is 0 Å². The van der Waals surface area contributed by atoms with Crippen LogP contribution in [0.15, 0.2) is 30.7 Å². The SMILES string of the molecule is CC.CC(C)CNc1ccnc2[nH]cc(-c3ccnc(N)n3)c12. The Morgan fingerprint density at radius 2 is 1.91 bits per heavy atom. The number of nitrogens with zero attached hydrogens (tertiary/aromatic N) is 3. The van der Waals surface area contributed by atoms with Gasteiger partial charge in [-0.05, 0) is 18.1 Å². The summed E-state index contributed by atoms with van der Waals surface area (Å²) in [4.78, 5) is 15.8. The molecule has 122 valence electrons. The molecule has 0 aliphatic rings. The van der Waals surface area contributed by atoms with Crippen molar-refractivity contribution in [3.63, 3.8) is 0 Å². The Kier molecular flexibility index (Phi) is 5.51. The van der Waals surface area contributed by atoms with Crippen LogP contribution in [-0.4, -0.2) is 26.5 Å². The molecular formula is C17H24N6. The van der Waals surface area contributed by atoms with Gasteiger partial charge >= 0.3 is 0 Å². The second-order valence-electron chi connectivity index (χ2n) is 5.36. The largest absolute Gasteiger partial charge is 0.384 e. The Bertz CT molecular complexity index is 763. The number of nitrogens with two attached hydrogens (primary N) is 1. The molecule has 3 aromatic heterocycles. The van der Waals surface area contributed by atoms with E-state index in [4.69, 9.17) is 5.73 Å². The van der Waals surface area contributed by atoms with E-state index >= 15 is 0 Å². The van der Waals surface area contributed by atoms with E-state index in [1.165, 1.54) is 0 Å². The van der Waals surface area contributed by atoms with E-state index in [1.807, 2.05) is 32.2 Å². The number of aromatic nitrogens is 4. The zero-order valence-electron chi connectivity index (χ0n) is 14.1. The number of nitrogen functional groups attached to an aromatic ring is 1. The first-order valence-electron chi connectivity index (χ1n) is 7.94. The summed E-state index contributed by atoms with van der Waals surface area (Å²) in [5.74, 6) is 0.827. The number of H-pyrrole nitrogens is 1. The second-order valence-corrected chi connectivity index (χ2v) is 5.36. The summed E-state index contributed by atoms with van der Waals surface area (Å²) >= 11 is 0. The summed E-state index contributed by atoms with van der Waals surface area (Å²) < 4.78 is 0. The molecule has 0 amide bonds. The normalized spacial score (nSPS) is 10.5. The van der Waals surface area contributed by atoms with Crippen LogP contribution in [0.25, 0.3) is 22.3 Å². The van der Waals surface area contributed by atoms with Crippen LogP contribution in [0.5, 0.6) is 0 Å². The molecule has 6 nitrogen and oxygen atoms in total. The standard InChI is InChI=1S/C15H18N6.C2H6/c1-9(2)7-19-12-4-5-17-14-13(12)10(8-20-14)11-3-6-18-15(16)21-11;1-2/h3-6,8-9H,7H2,1-2H3,(H2,16,18,21)(H2,17,19,20);1-2H3. The van der Waals surface area contributed by atoms with Gasteiger partial charge in [0.05, 0.1) is 11.1 Å². The monoisotopic (exact) mass is 312 g/mol. The van der Waals surface area contributed by atoms with Crippen molar-refractivity contribution in [3.8, 4) is 11.3 Å². The van der Waals surface area contributed by atoms with E-state index < -0.39 is 0 Å². The number of hydrogen-bond donors (Lipinski definition) is 3. The maximum Gasteiger partial charge on any atom is 0.220 e. The minimum Gasteiger partial charge on any atom is -0.384 e.